The van der Waals surface area contributed by atoms with Gasteiger partial charge in [0.15, 0.2) is 18.1 Å². The maximum Gasteiger partial charge on any atom is 0.343 e. The third-order valence-corrected chi connectivity index (χ3v) is 4.68. The number of carbonyl (C=O) groups is 2. The van der Waals surface area contributed by atoms with Crippen molar-refractivity contribution >= 4 is 22.4 Å². The Labute approximate surface area is 163 Å². The first kappa shape index (κ1) is 25.0. The lowest BCUT2D eigenvalue weighted by atomic mass is 9.94. The van der Waals surface area contributed by atoms with Crippen molar-refractivity contribution in [2.24, 2.45) is 0 Å². The first-order valence-corrected chi connectivity index (χ1v) is 9.26. The minimum atomic E-state index is -4.81. The normalized spacial score (nSPS) is 19.3. The molecule has 0 radical (unpaired) electrons. The number of rotatable bonds is 10. The number of hydrogen-bond donors (Lipinski definition) is 8. The van der Waals surface area contributed by atoms with Crippen LogP contribution in [0.3, 0.4) is 0 Å². The average molecular weight is 440 g/mol. The summed E-state index contributed by atoms with van der Waals surface area (Å²) in [4.78, 5) is 21.5. The van der Waals surface area contributed by atoms with E-state index in [1.807, 2.05) is 0 Å². The van der Waals surface area contributed by atoms with Crippen LogP contribution in [0.15, 0.2) is 29.2 Å². The first-order valence-electron chi connectivity index (χ1n) is 7.82. The van der Waals surface area contributed by atoms with Crippen LogP contribution in [0, 0.1) is 0 Å². The van der Waals surface area contributed by atoms with E-state index in [9.17, 15) is 48.6 Å². The van der Waals surface area contributed by atoms with E-state index in [1.165, 1.54) is 12.1 Å². The minimum Gasteiger partial charge on any atom is -0.423 e. The van der Waals surface area contributed by atoms with Gasteiger partial charge in [-0.1, -0.05) is 12.1 Å². The van der Waals surface area contributed by atoms with Crippen molar-refractivity contribution in [3.8, 4) is 5.75 Å². The van der Waals surface area contributed by atoms with Gasteiger partial charge in [-0.05, 0) is 12.1 Å². The van der Waals surface area contributed by atoms with Crippen LogP contribution in [0.1, 0.15) is 0 Å². The predicted molar refractivity (Wildman–Crippen MR) is 90.0 cm³/mol. The molecule has 13 nitrogen and oxygen atoms in total. The Morgan fingerprint density at radius 1 is 0.862 bits per heavy atom. The summed E-state index contributed by atoms with van der Waals surface area (Å²) in [5, 5.41) is 67.2. The van der Waals surface area contributed by atoms with Gasteiger partial charge < -0.3 is 45.3 Å². The maximum atomic E-state index is 11.9. The third-order valence-electron chi connectivity index (χ3n) is 3.79. The molecule has 29 heavy (non-hydrogen) atoms. The molecule has 0 aromatic heterocycles. The van der Waals surface area contributed by atoms with E-state index in [2.05, 4.69) is 4.74 Å². The number of aliphatic hydroxyl groups is 7. The molecule has 1 aromatic carbocycles. The van der Waals surface area contributed by atoms with Crippen LogP contribution in [-0.2, 0) is 19.7 Å². The zero-order valence-corrected chi connectivity index (χ0v) is 15.3. The molecular formula is C15H20O13S. The Balaban J connectivity index is 2.91. The fourth-order valence-electron chi connectivity index (χ4n) is 2.13. The minimum absolute atomic E-state index is 0.178. The van der Waals surface area contributed by atoms with Gasteiger partial charge in [-0.2, -0.15) is 8.42 Å². The summed E-state index contributed by atoms with van der Waals surface area (Å²) in [7, 11) is -4.81. The average Bonchev–Trinajstić information content (AvgIpc) is 2.69. The van der Waals surface area contributed by atoms with Crippen molar-refractivity contribution in [3.05, 3.63) is 24.3 Å². The molecule has 0 saturated carbocycles. The molecule has 0 bridgehead atoms. The Kier molecular flexibility index (Phi) is 8.76. The second kappa shape index (κ2) is 10.1. The Morgan fingerprint density at radius 2 is 1.34 bits per heavy atom. The van der Waals surface area contributed by atoms with Gasteiger partial charge in [-0.25, -0.2) is 4.79 Å². The number of benzene rings is 1. The zero-order chi connectivity index (χ0) is 22.5. The highest BCUT2D eigenvalue weighted by Gasteiger charge is 2.41. The van der Waals surface area contributed by atoms with Crippen molar-refractivity contribution in [2.75, 3.05) is 0 Å². The monoisotopic (exact) mass is 440 g/mol. The third kappa shape index (κ3) is 6.23. The summed E-state index contributed by atoms with van der Waals surface area (Å²) < 4.78 is 36.1. The number of aldehydes is 1. The fraction of sp³-hybridized carbons (Fsp3) is 0.467. The molecule has 14 heteroatoms. The summed E-state index contributed by atoms with van der Waals surface area (Å²) >= 11 is 0. The Bertz CT molecular complexity index is 810. The number of carbonyl (C=O) groups excluding carboxylic acids is 2. The number of para-hydroxylation sites is 1. The largest absolute Gasteiger partial charge is 0.423 e. The molecule has 0 fully saturated rings. The lowest BCUT2D eigenvalue weighted by Crippen LogP contribution is -2.56. The van der Waals surface area contributed by atoms with E-state index in [-0.39, 0.29) is 6.29 Å². The highest BCUT2D eigenvalue weighted by atomic mass is 32.2. The molecule has 0 spiro atoms. The van der Waals surface area contributed by atoms with E-state index in [0.29, 0.717) is 0 Å². The molecule has 1 aromatic rings. The summed E-state index contributed by atoms with van der Waals surface area (Å²) in [6.45, 7) is 0. The molecule has 0 saturated heterocycles. The molecule has 0 aliphatic heterocycles. The Hall–Kier alpha value is -2.01. The van der Waals surface area contributed by atoms with Gasteiger partial charge >= 0.3 is 5.97 Å². The van der Waals surface area contributed by atoms with Crippen LogP contribution in [0.2, 0.25) is 0 Å². The first-order chi connectivity index (χ1) is 13.3. The highest BCUT2D eigenvalue weighted by molar-refractivity contribution is 7.86. The van der Waals surface area contributed by atoms with Crippen molar-refractivity contribution in [3.63, 3.8) is 0 Å². The number of hydrogen-bond acceptors (Lipinski definition) is 12. The molecule has 7 atom stereocenters. The molecule has 7 unspecified atom stereocenters. The van der Waals surface area contributed by atoms with Gasteiger partial charge in [0.2, 0.25) is 0 Å². The lowest BCUT2D eigenvalue weighted by molar-refractivity contribution is -0.177. The van der Waals surface area contributed by atoms with Crippen molar-refractivity contribution in [2.45, 2.75) is 47.6 Å². The lowest BCUT2D eigenvalue weighted by Gasteiger charge is -2.30. The van der Waals surface area contributed by atoms with Crippen LogP contribution in [0.25, 0.3) is 0 Å². The van der Waals surface area contributed by atoms with Crippen LogP contribution in [0.5, 0.6) is 5.75 Å². The van der Waals surface area contributed by atoms with E-state index < -0.39 is 69.5 Å². The van der Waals surface area contributed by atoms with Gasteiger partial charge in [-0.15, -0.1) is 0 Å². The predicted octanol–water partition coefficient (Wildman–Crippen LogP) is -4.44. The fourth-order valence-corrected chi connectivity index (χ4v) is 2.75. The van der Waals surface area contributed by atoms with Crippen molar-refractivity contribution < 1.29 is 63.0 Å². The molecule has 0 aliphatic carbocycles. The van der Waals surface area contributed by atoms with Crippen LogP contribution >= 0.6 is 0 Å². The summed E-state index contributed by atoms with van der Waals surface area (Å²) in [6.07, 6.45) is -17.0. The van der Waals surface area contributed by atoms with Crippen molar-refractivity contribution in [1.82, 2.24) is 0 Å². The Morgan fingerprint density at radius 3 is 1.86 bits per heavy atom. The van der Waals surface area contributed by atoms with E-state index in [1.54, 1.807) is 0 Å². The quantitative estimate of drug-likeness (QED) is 0.0742. The van der Waals surface area contributed by atoms with Gasteiger partial charge in [0, 0.05) is 0 Å². The zero-order valence-electron chi connectivity index (χ0n) is 14.5. The maximum absolute atomic E-state index is 11.9. The van der Waals surface area contributed by atoms with Gasteiger partial charge in [0.05, 0.1) is 0 Å². The topological polar surface area (TPSA) is 239 Å². The summed E-state index contributed by atoms with van der Waals surface area (Å²) in [6, 6.07) is 4.21. The number of esters is 1. The molecule has 0 aliphatic rings. The van der Waals surface area contributed by atoms with E-state index in [0.717, 1.165) is 12.1 Å². The smallest absolute Gasteiger partial charge is 0.343 e. The molecule has 0 amide bonds. The number of aliphatic hydroxyl groups excluding tert-OH is 7. The molecular weight excluding hydrogens is 420 g/mol. The number of ether oxygens (including phenoxy) is 1. The van der Waals surface area contributed by atoms with E-state index >= 15 is 0 Å². The summed E-state index contributed by atoms with van der Waals surface area (Å²) in [5.74, 6) is -2.42. The summed E-state index contributed by atoms with van der Waals surface area (Å²) in [5.41, 5.74) is 0. The van der Waals surface area contributed by atoms with Crippen LogP contribution in [0.4, 0.5) is 0 Å². The van der Waals surface area contributed by atoms with Crippen LogP contribution < -0.4 is 4.74 Å². The molecule has 1 rings (SSSR count). The van der Waals surface area contributed by atoms with Crippen LogP contribution in [-0.4, -0.2) is 104 Å². The second-order valence-corrected chi connectivity index (χ2v) is 7.26. The molecule has 0 heterocycles. The SMILES string of the molecule is O=CC(O)C(O)C(O)C(O)C(O)C(O)C(O)C(=O)Oc1ccccc1S(=O)(=O)O. The van der Waals surface area contributed by atoms with Gasteiger partial charge in [0.1, 0.15) is 41.5 Å². The highest BCUT2D eigenvalue weighted by Crippen LogP contribution is 2.24. The van der Waals surface area contributed by atoms with Gasteiger partial charge in [0.25, 0.3) is 10.1 Å². The molecule has 8 N–H and O–H groups in total. The van der Waals surface area contributed by atoms with E-state index in [4.69, 9.17) is 9.66 Å². The standard InChI is InChI=1S/C15H20O13S/c16-5-6(17)9(18)10(19)11(20)12(21)13(22)14(23)15(24)28-7-3-1-2-4-8(7)29(25,26)27/h1-6,9-14,17-23H,(H,25,26,27). The molecule has 164 valence electrons. The van der Waals surface area contributed by atoms with Crippen molar-refractivity contribution in [1.29, 1.82) is 0 Å². The van der Waals surface area contributed by atoms with Gasteiger partial charge in [-0.3, -0.25) is 4.55 Å². The second-order valence-electron chi connectivity index (χ2n) is 5.87.